The SMILES string of the molecule is CN=C(C=N[S+]([O-])C(C)C)NC. The predicted octanol–water partition coefficient (Wildman–Crippen LogP) is 0.377. The van der Waals surface area contributed by atoms with Crippen LogP contribution in [-0.4, -0.2) is 35.9 Å². The van der Waals surface area contributed by atoms with Crippen LogP contribution in [0.15, 0.2) is 9.39 Å². The van der Waals surface area contributed by atoms with Gasteiger partial charge in [0, 0.05) is 14.1 Å². The maximum absolute atomic E-state index is 11.1. The first-order valence-electron chi connectivity index (χ1n) is 3.71. The van der Waals surface area contributed by atoms with Gasteiger partial charge in [0.1, 0.15) is 17.3 Å². The number of aliphatic imine (C=N–C) groups is 1. The van der Waals surface area contributed by atoms with Gasteiger partial charge in [0.15, 0.2) is 0 Å². The number of rotatable bonds is 3. The molecule has 0 bridgehead atoms. The third-order valence-electron chi connectivity index (χ3n) is 1.18. The summed E-state index contributed by atoms with van der Waals surface area (Å²) in [6.07, 6.45) is 1.48. The van der Waals surface area contributed by atoms with E-state index >= 15 is 0 Å². The summed E-state index contributed by atoms with van der Waals surface area (Å²) in [7, 11) is 3.39. The van der Waals surface area contributed by atoms with Crippen LogP contribution in [0.5, 0.6) is 0 Å². The molecule has 0 heterocycles. The van der Waals surface area contributed by atoms with Gasteiger partial charge in [-0.15, -0.1) is 0 Å². The van der Waals surface area contributed by atoms with E-state index < -0.39 is 11.4 Å². The minimum absolute atomic E-state index is 0.0520. The van der Waals surface area contributed by atoms with Gasteiger partial charge >= 0.3 is 0 Å². The van der Waals surface area contributed by atoms with Gasteiger partial charge < -0.3 is 9.87 Å². The van der Waals surface area contributed by atoms with Gasteiger partial charge in [0.25, 0.3) is 0 Å². The summed E-state index contributed by atoms with van der Waals surface area (Å²) in [5.74, 6) is 0.629. The topological polar surface area (TPSA) is 59.8 Å². The lowest BCUT2D eigenvalue weighted by Gasteiger charge is -2.05. The van der Waals surface area contributed by atoms with Crippen molar-refractivity contribution in [1.82, 2.24) is 5.32 Å². The lowest BCUT2D eigenvalue weighted by molar-refractivity contribution is 0.588. The lowest BCUT2D eigenvalue weighted by Crippen LogP contribution is -2.21. The Morgan fingerprint density at radius 2 is 2.17 bits per heavy atom. The number of nitrogens with zero attached hydrogens (tertiary/aromatic N) is 2. The first-order valence-corrected chi connectivity index (χ1v) is 4.88. The average Bonchev–Trinajstić information content (AvgIpc) is 2.05. The summed E-state index contributed by atoms with van der Waals surface area (Å²) < 4.78 is 14.9. The maximum Gasteiger partial charge on any atom is 0.143 e. The molecule has 0 aromatic rings. The van der Waals surface area contributed by atoms with Crippen LogP contribution in [0.25, 0.3) is 0 Å². The molecule has 5 heteroatoms. The van der Waals surface area contributed by atoms with E-state index in [9.17, 15) is 4.55 Å². The second kappa shape index (κ2) is 6.02. The van der Waals surface area contributed by atoms with Crippen LogP contribution >= 0.6 is 0 Å². The molecule has 0 radical (unpaired) electrons. The van der Waals surface area contributed by atoms with Crippen molar-refractivity contribution in [2.45, 2.75) is 19.1 Å². The quantitative estimate of drug-likeness (QED) is 0.396. The maximum atomic E-state index is 11.1. The summed E-state index contributed by atoms with van der Waals surface area (Å²) in [6.45, 7) is 3.71. The molecule has 0 aromatic heterocycles. The van der Waals surface area contributed by atoms with E-state index in [1.807, 2.05) is 13.8 Å². The number of nitrogens with one attached hydrogen (secondary N) is 1. The Kier molecular flexibility index (Phi) is 5.74. The fraction of sp³-hybridized carbons (Fsp3) is 0.714. The molecular weight excluding hydrogens is 174 g/mol. The highest BCUT2D eigenvalue weighted by atomic mass is 32.2. The van der Waals surface area contributed by atoms with Crippen molar-refractivity contribution >= 4 is 23.4 Å². The van der Waals surface area contributed by atoms with E-state index in [1.165, 1.54) is 6.21 Å². The number of hydrogen-bond acceptors (Lipinski definition) is 3. The lowest BCUT2D eigenvalue weighted by atomic mass is 10.6. The molecule has 0 aliphatic rings. The third-order valence-corrected chi connectivity index (χ3v) is 2.30. The smallest absolute Gasteiger partial charge is 0.143 e. The zero-order chi connectivity index (χ0) is 9.56. The van der Waals surface area contributed by atoms with Crippen molar-refractivity contribution in [1.29, 1.82) is 0 Å². The Morgan fingerprint density at radius 1 is 1.58 bits per heavy atom. The highest BCUT2D eigenvalue weighted by Gasteiger charge is 2.08. The van der Waals surface area contributed by atoms with Gasteiger partial charge in [-0.3, -0.25) is 4.99 Å². The van der Waals surface area contributed by atoms with Gasteiger partial charge in [-0.2, -0.15) is 0 Å². The van der Waals surface area contributed by atoms with Crippen LogP contribution in [-0.2, 0) is 11.4 Å². The van der Waals surface area contributed by atoms with Crippen molar-refractivity contribution in [2.75, 3.05) is 14.1 Å². The van der Waals surface area contributed by atoms with Crippen LogP contribution in [0.3, 0.4) is 0 Å². The molecule has 1 N–H and O–H groups in total. The van der Waals surface area contributed by atoms with Gasteiger partial charge in [-0.05, 0) is 13.8 Å². The number of amidine groups is 1. The molecule has 0 aromatic carbocycles. The monoisotopic (exact) mass is 189 g/mol. The molecule has 0 aliphatic carbocycles. The Labute approximate surface area is 76.5 Å². The van der Waals surface area contributed by atoms with Crippen molar-refractivity contribution in [3.63, 3.8) is 0 Å². The fourth-order valence-electron chi connectivity index (χ4n) is 0.458. The van der Waals surface area contributed by atoms with Crippen LogP contribution in [0, 0.1) is 0 Å². The van der Waals surface area contributed by atoms with Gasteiger partial charge in [0.2, 0.25) is 0 Å². The van der Waals surface area contributed by atoms with Gasteiger partial charge in [-0.1, -0.05) is 4.40 Å². The molecule has 4 nitrogen and oxygen atoms in total. The van der Waals surface area contributed by atoms with Crippen LogP contribution in [0.4, 0.5) is 0 Å². The molecule has 1 atom stereocenters. The third kappa shape index (κ3) is 4.35. The van der Waals surface area contributed by atoms with Crippen molar-refractivity contribution in [3.05, 3.63) is 0 Å². The zero-order valence-corrected chi connectivity index (χ0v) is 8.68. The van der Waals surface area contributed by atoms with E-state index in [-0.39, 0.29) is 5.25 Å². The molecule has 0 fully saturated rings. The van der Waals surface area contributed by atoms with Crippen LogP contribution < -0.4 is 5.32 Å². The highest BCUT2D eigenvalue weighted by Crippen LogP contribution is 2.00. The predicted molar refractivity (Wildman–Crippen MR) is 54.2 cm³/mol. The molecule has 0 spiro atoms. The van der Waals surface area contributed by atoms with E-state index in [2.05, 4.69) is 14.7 Å². The second-order valence-electron chi connectivity index (χ2n) is 2.42. The summed E-state index contributed by atoms with van der Waals surface area (Å²) in [4.78, 5) is 3.86. The molecule has 0 saturated heterocycles. The minimum atomic E-state index is -1.15. The molecule has 12 heavy (non-hydrogen) atoms. The van der Waals surface area contributed by atoms with Crippen molar-refractivity contribution in [2.24, 2.45) is 9.39 Å². The summed E-state index contributed by atoms with van der Waals surface area (Å²) >= 11 is -1.15. The summed E-state index contributed by atoms with van der Waals surface area (Å²) in [6, 6.07) is 0. The minimum Gasteiger partial charge on any atom is -0.591 e. The zero-order valence-electron chi connectivity index (χ0n) is 7.87. The largest absolute Gasteiger partial charge is 0.591 e. The fourth-order valence-corrected chi connectivity index (χ4v) is 0.905. The molecule has 1 unspecified atom stereocenters. The van der Waals surface area contributed by atoms with Crippen LogP contribution in [0.1, 0.15) is 13.8 Å². The normalized spacial score (nSPS) is 15.7. The molecule has 0 rings (SSSR count). The van der Waals surface area contributed by atoms with Crippen molar-refractivity contribution < 1.29 is 4.55 Å². The standard InChI is InChI=1S/C7H15N3OS/c1-6(2)12(11)10-5-7(8-3)9-4/h5-6H,1-4H3,(H,8,9). The van der Waals surface area contributed by atoms with E-state index in [1.54, 1.807) is 14.1 Å². The van der Waals surface area contributed by atoms with Crippen molar-refractivity contribution in [3.8, 4) is 0 Å². The number of hydrogen-bond donors (Lipinski definition) is 1. The molecule has 0 aliphatic heterocycles. The second-order valence-corrected chi connectivity index (χ2v) is 4.12. The van der Waals surface area contributed by atoms with Gasteiger partial charge in [0.05, 0.1) is 11.4 Å². The van der Waals surface area contributed by atoms with E-state index in [4.69, 9.17) is 0 Å². The van der Waals surface area contributed by atoms with E-state index in [0.29, 0.717) is 5.84 Å². The average molecular weight is 189 g/mol. The molecule has 70 valence electrons. The molecular formula is C7H15N3OS. The summed E-state index contributed by atoms with van der Waals surface area (Å²) in [5.41, 5.74) is 0. The Bertz CT molecular complexity index is 179. The highest BCUT2D eigenvalue weighted by molar-refractivity contribution is 7.90. The first kappa shape index (κ1) is 11.4. The van der Waals surface area contributed by atoms with Crippen LogP contribution in [0.2, 0.25) is 0 Å². The molecule has 0 saturated carbocycles. The Balaban J connectivity index is 4.05. The Hall–Kier alpha value is -0.550. The Morgan fingerprint density at radius 3 is 2.50 bits per heavy atom. The van der Waals surface area contributed by atoms with E-state index in [0.717, 1.165) is 0 Å². The summed E-state index contributed by atoms with van der Waals surface area (Å²) in [5, 5.41) is 2.86. The first-order chi connectivity index (χ1) is 5.61. The molecule has 0 amide bonds. The van der Waals surface area contributed by atoms with Gasteiger partial charge in [-0.25, -0.2) is 0 Å².